The van der Waals surface area contributed by atoms with Gasteiger partial charge in [0, 0.05) is 11.2 Å². The van der Waals surface area contributed by atoms with Crippen LogP contribution in [0.4, 0.5) is 0 Å². The fraction of sp³-hybridized carbons (Fsp3) is 0.438. The number of nitrogens with two attached hydrogens (primary N) is 1. The third-order valence-corrected chi connectivity index (χ3v) is 4.54. The highest BCUT2D eigenvalue weighted by molar-refractivity contribution is 7.17. The molecule has 1 aromatic carbocycles. The Morgan fingerprint density at radius 1 is 1.40 bits per heavy atom. The molecule has 108 valence electrons. The standard InChI is InChI=1S/C16H22N2OS/c1-3-9-16(2,17)15(19)18-10-8-12-11-20-14-7-5-4-6-13(12)14/h4-7,11H,3,8-10,17H2,1-2H3,(H,18,19). The van der Waals surface area contributed by atoms with Gasteiger partial charge in [-0.05, 0) is 42.2 Å². The molecule has 2 aromatic rings. The molecule has 20 heavy (non-hydrogen) atoms. The van der Waals surface area contributed by atoms with Crippen LogP contribution in [0.3, 0.4) is 0 Å². The van der Waals surface area contributed by atoms with Gasteiger partial charge in [-0.2, -0.15) is 0 Å². The molecular formula is C16H22N2OS. The summed E-state index contributed by atoms with van der Waals surface area (Å²) in [7, 11) is 0. The van der Waals surface area contributed by atoms with Gasteiger partial charge in [-0.3, -0.25) is 4.79 Å². The predicted octanol–water partition coefficient (Wildman–Crippen LogP) is 3.08. The summed E-state index contributed by atoms with van der Waals surface area (Å²) in [6.07, 6.45) is 2.47. The fourth-order valence-corrected chi connectivity index (χ4v) is 3.37. The van der Waals surface area contributed by atoms with Gasteiger partial charge in [0.1, 0.15) is 0 Å². The van der Waals surface area contributed by atoms with Crippen LogP contribution in [0.25, 0.3) is 10.1 Å². The van der Waals surface area contributed by atoms with Crippen molar-refractivity contribution >= 4 is 27.3 Å². The molecule has 4 heteroatoms. The van der Waals surface area contributed by atoms with Crippen molar-refractivity contribution in [3.63, 3.8) is 0 Å². The Balaban J connectivity index is 1.92. The van der Waals surface area contributed by atoms with Crippen molar-refractivity contribution in [1.29, 1.82) is 0 Å². The van der Waals surface area contributed by atoms with Gasteiger partial charge < -0.3 is 11.1 Å². The lowest BCUT2D eigenvalue weighted by atomic mass is 9.96. The Morgan fingerprint density at radius 3 is 2.90 bits per heavy atom. The molecule has 0 aliphatic heterocycles. The smallest absolute Gasteiger partial charge is 0.239 e. The number of rotatable bonds is 6. The lowest BCUT2D eigenvalue weighted by molar-refractivity contribution is -0.126. The van der Waals surface area contributed by atoms with E-state index in [1.54, 1.807) is 18.3 Å². The summed E-state index contributed by atoms with van der Waals surface area (Å²) in [6.45, 7) is 4.47. The van der Waals surface area contributed by atoms with E-state index in [0.29, 0.717) is 13.0 Å². The van der Waals surface area contributed by atoms with Crippen LogP contribution in [-0.2, 0) is 11.2 Å². The van der Waals surface area contributed by atoms with Gasteiger partial charge in [-0.1, -0.05) is 31.5 Å². The van der Waals surface area contributed by atoms with Gasteiger partial charge in [0.15, 0.2) is 0 Å². The van der Waals surface area contributed by atoms with Crippen LogP contribution < -0.4 is 11.1 Å². The molecule has 0 bridgehead atoms. The average molecular weight is 290 g/mol. The van der Waals surface area contributed by atoms with E-state index in [-0.39, 0.29) is 5.91 Å². The van der Waals surface area contributed by atoms with Gasteiger partial charge >= 0.3 is 0 Å². The van der Waals surface area contributed by atoms with E-state index in [0.717, 1.165) is 12.8 Å². The van der Waals surface area contributed by atoms with E-state index < -0.39 is 5.54 Å². The molecule has 0 spiro atoms. The number of benzene rings is 1. The quantitative estimate of drug-likeness (QED) is 0.859. The van der Waals surface area contributed by atoms with Gasteiger partial charge in [-0.25, -0.2) is 0 Å². The second kappa shape index (κ2) is 6.37. The molecule has 0 saturated heterocycles. The zero-order valence-corrected chi connectivity index (χ0v) is 12.9. The topological polar surface area (TPSA) is 55.1 Å². The Kier molecular flexibility index (Phi) is 4.78. The monoisotopic (exact) mass is 290 g/mol. The number of carbonyl (C=O) groups excluding carboxylic acids is 1. The zero-order valence-electron chi connectivity index (χ0n) is 12.1. The highest BCUT2D eigenvalue weighted by atomic mass is 32.1. The van der Waals surface area contributed by atoms with Crippen molar-refractivity contribution in [1.82, 2.24) is 5.32 Å². The average Bonchev–Trinajstić information content (AvgIpc) is 2.82. The minimum absolute atomic E-state index is 0.0566. The summed E-state index contributed by atoms with van der Waals surface area (Å²) in [5.74, 6) is -0.0566. The first-order valence-corrected chi connectivity index (χ1v) is 7.95. The minimum atomic E-state index is -0.758. The van der Waals surface area contributed by atoms with Crippen molar-refractivity contribution in [3.05, 3.63) is 35.2 Å². The number of thiophene rings is 1. The molecule has 1 aromatic heterocycles. The van der Waals surface area contributed by atoms with Crippen molar-refractivity contribution in [3.8, 4) is 0 Å². The third-order valence-electron chi connectivity index (χ3n) is 3.53. The summed E-state index contributed by atoms with van der Waals surface area (Å²) in [5, 5.41) is 6.41. The molecule has 0 aliphatic rings. The highest BCUT2D eigenvalue weighted by Gasteiger charge is 2.26. The minimum Gasteiger partial charge on any atom is -0.354 e. The first-order valence-electron chi connectivity index (χ1n) is 7.07. The molecule has 0 aliphatic carbocycles. The van der Waals surface area contributed by atoms with Crippen molar-refractivity contribution < 1.29 is 4.79 Å². The van der Waals surface area contributed by atoms with Gasteiger partial charge in [-0.15, -0.1) is 11.3 Å². The zero-order chi connectivity index (χ0) is 14.6. The SMILES string of the molecule is CCCC(C)(N)C(=O)NCCc1csc2ccccc12. The molecule has 0 radical (unpaired) electrons. The van der Waals surface area contributed by atoms with Crippen LogP contribution in [0.2, 0.25) is 0 Å². The molecule has 3 nitrogen and oxygen atoms in total. The Labute approximate surface area is 124 Å². The maximum absolute atomic E-state index is 12.0. The summed E-state index contributed by atoms with van der Waals surface area (Å²) < 4.78 is 1.29. The van der Waals surface area contributed by atoms with Crippen LogP contribution >= 0.6 is 11.3 Å². The van der Waals surface area contributed by atoms with Crippen molar-refractivity contribution in [2.24, 2.45) is 5.73 Å². The maximum atomic E-state index is 12.0. The molecule has 1 amide bonds. The van der Waals surface area contributed by atoms with E-state index in [9.17, 15) is 4.79 Å². The molecule has 3 N–H and O–H groups in total. The van der Waals surface area contributed by atoms with E-state index in [2.05, 4.69) is 35.0 Å². The molecule has 1 unspecified atom stereocenters. The predicted molar refractivity (Wildman–Crippen MR) is 86.0 cm³/mol. The summed E-state index contributed by atoms with van der Waals surface area (Å²) in [6, 6.07) is 8.36. The molecule has 1 heterocycles. The number of hydrogen-bond donors (Lipinski definition) is 2. The van der Waals surface area contributed by atoms with Crippen LogP contribution in [0, 0.1) is 0 Å². The first-order chi connectivity index (χ1) is 9.54. The van der Waals surface area contributed by atoms with E-state index in [4.69, 9.17) is 5.73 Å². The van der Waals surface area contributed by atoms with E-state index in [1.807, 2.05) is 6.92 Å². The van der Waals surface area contributed by atoms with E-state index in [1.165, 1.54) is 15.6 Å². The maximum Gasteiger partial charge on any atom is 0.239 e. The number of fused-ring (bicyclic) bond motifs is 1. The van der Waals surface area contributed by atoms with Crippen molar-refractivity contribution in [2.75, 3.05) is 6.54 Å². The Bertz CT molecular complexity index is 589. The number of carbonyl (C=O) groups is 1. The first kappa shape index (κ1) is 15.0. The molecule has 0 fully saturated rings. The molecule has 1 atom stereocenters. The number of nitrogens with one attached hydrogen (secondary N) is 1. The normalized spacial score (nSPS) is 14.2. The van der Waals surface area contributed by atoms with Gasteiger partial charge in [0.05, 0.1) is 5.54 Å². The second-order valence-corrected chi connectivity index (χ2v) is 6.34. The largest absolute Gasteiger partial charge is 0.354 e. The van der Waals surface area contributed by atoms with Crippen LogP contribution in [-0.4, -0.2) is 18.0 Å². The Hall–Kier alpha value is -1.39. The van der Waals surface area contributed by atoms with Crippen LogP contribution in [0.15, 0.2) is 29.6 Å². The van der Waals surface area contributed by atoms with Crippen LogP contribution in [0.1, 0.15) is 32.3 Å². The molecule has 2 rings (SSSR count). The lowest BCUT2D eigenvalue weighted by Gasteiger charge is -2.22. The Morgan fingerprint density at radius 2 is 2.15 bits per heavy atom. The van der Waals surface area contributed by atoms with Gasteiger partial charge in [0.2, 0.25) is 5.91 Å². The second-order valence-electron chi connectivity index (χ2n) is 5.43. The summed E-state index contributed by atoms with van der Waals surface area (Å²) in [5.41, 5.74) is 6.54. The highest BCUT2D eigenvalue weighted by Crippen LogP contribution is 2.25. The molecular weight excluding hydrogens is 268 g/mol. The summed E-state index contributed by atoms with van der Waals surface area (Å²) >= 11 is 1.75. The van der Waals surface area contributed by atoms with Gasteiger partial charge in [0.25, 0.3) is 0 Å². The van der Waals surface area contributed by atoms with Crippen molar-refractivity contribution in [2.45, 2.75) is 38.6 Å². The number of hydrogen-bond acceptors (Lipinski definition) is 3. The number of amides is 1. The summed E-state index contributed by atoms with van der Waals surface area (Å²) in [4.78, 5) is 12.0. The van der Waals surface area contributed by atoms with E-state index >= 15 is 0 Å². The molecule has 0 saturated carbocycles. The fourth-order valence-electron chi connectivity index (χ4n) is 2.37. The lowest BCUT2D eigenvalue weighted by Crippen LogP contribution is -2.51. The van der Waals surface area contributed by atoms with Crippen LogP contribution in [0.5, 0.6) is 0 Å². The third kappa shape index (κ3) is 3.38.